The van der Waals surface area contributed by atoms with Gasteiger partial charge in [-0.3, -0.25) is 14.2 Å². The molecular formula is C66H114NO8P. The number of carbonyl (C=O) groups is 2. The summed E-state index contributed by atoms with van der Waals surface area (Å²) in [6.45, 7) is 4.10. The molecule has 76 heavy (non-hydrogen) atoms. The first-order valence-corrected chi connectivity index (χ1v) is 32.1. The second-order valence-electron chi connectivity index (χ2n) is 21.3. The number of ether oxygens (including phenoxy) is 2. The first kappa shape index (κ1) is 72.7. The molecular weight excluding hydrogens is 966 g/mol. The lowest BCUT2D eigenvalue weighted by atomic mass is 10.0. The third-order valence-electron chi connectivity index (χ3n) is 12.8. The number of phosphoric acid groups is 1. The SMILES string of the molecule is CC/C=C\C/C=C\C/C=C\C/C=C\C/C=C\C/C=C\CCCCCCCCCCCCC(=O)OC(COC(=O)CCCCCCCCCC/C=C\C/C=C\C/C=C\CCCCCCC)COP(=O)([O-])OCC[N+](C)(C)C. The molecule has 0 aliphatic carbocycles. The highest BCUT2D eigenvalue weighted by atomic mass is 31.2. The lowest BCUT2D eigenvalue weighted by molar-refractivity contribution is -0.870. The van der Waals surface area contributed by atoms with Crippen molar-refractivity contribution in [3.05, 3.63) is 109 Å². The summed E-state index contributed by atoms with van der Waals surface area (Å²) in [5.41, 5.74) is 0. The number of hydrogen-bond donors (Lipinski definition) is 0. The van der Waals surface area contributed by atoms with Crippen LogP contribution in [0.25, 0.3) is 0 Å². The molecule has 436 valence electrons. The minimum absolute atomic E-state index is 0.0384. The van der Waals surface area contributed by atoms with Crippen molar-refractivity contribution in [2.45, 2.75) is 251 Å². The number of nitrogens with zero attached hydrogens (tertiary/aromatic N) is 1. The quantitative estimate of drug-likeness (QED) is 0.0195. The molecule has 10 heteroatoms. The molecule has 0 aromatic heterocycles. The summed E-state index contributed by atoms with van der Waals surface area (Å²) in [6.07, 6.45) is 78.4. The summed E-state index contributed by atoms with van der Waals surface area (Å²) in [6, 6.07) is 0. The molecule has 0 saturated heterocycles. The summed E-state index contributed by atoms with van der Waals surface area (Å²) in [7, 11) is 1.15. The van der Waals surface area contributed by atoms with Gasteiger partial charge in [0, 0.05) is 12.8 Å². The van der Waals surface area contributed by atoms with Gasteiger partial charge in [-0.15, -0.1) is 0 Å². The summed E-state index contributed by atoms with van der Waals surface area (Å²) >= 11 is 0. The topological polar surface area (TPSA) is 111 Å². The van der Waals surface area contributed by atoms with Gasteiger partial charge in [-0.25, -0.2) is 0 Å². The van der Waals surface area contributed by atoms with Crippen LogP contribution in [0.2, 0.25) is 0 Å². The smallest absolute Gasteiger partial charge is 0.306 e. The van der Waals surface area contributed by atoms with Crippen LogP contribution in [0, 0.1) is 0 Å². The first-order chi connectivity index (χ1) is 37.0. The molecule has 2 unspecified atom stereocenters. The van der Waals surface area contributed by atoms with E-state index in [9.17, 15) is 19.0 Å². The van der Waals surface area contributed by atoms with E-state index in [-0.39, 0.29) is 26.1 Å². The molecule has 0 aromatic rings. The van der Waals surface area contributed by atoms with Crippen molar-refractivity contribution >= 4 is 19.8 Å². The minimum Gasteiger partial charge on any atom is -0.756 e. The van der Waals surface area contributed by atoms with Crippen molar-refractivity contribution in [3.8, 4) is 0 Å². The van der Waals surface area contributed by atoms with Gasteiger partial charge in [-0.2, -0.15) is 0 Å². The van der Waals surface area contributed by atoms with Crippen molar-refractivity contribution in [2.75, 3.05) is 47.5 Å². The number of carbonyl (C=O) groups excluding carboxylic acids is 2. The van der Waals surface area contributed by atoms with Crippen LogP contribution in [-0.4, -0.2) is 70.0 Å². The number of phosphoric ester groups is 1. The molecule has 0 aliphatic rings. The molecule has 0 saturated carbocycles. The maximum absolute atomic E-state index is 12.8. The van der Waals surface area contributed by atoms with E-state index in [1.807, 2.05) is 21.1 Å². The maximum atomic E-state index is 12.8. The summed E-state index contributed by atoms with van der Waals surface area (Å²) < 4.78 is 34.2. The van der Waals surface area contributed by atoms with Gasteiger partial charge < -0.3 is 27.9 Å². The van der Waals surface area contributed by atoms with Crippen LogP contribution in [0.4, 0.5) is 0 Å². The first-order valence-electron chi connectivity index (χ1n) is 30.6. The molecule has 0 aromatic carbocycles. The molecule has 0 fully saturated rings. The third kappa shape index (κ3) is 59.9. The Labute approximate surface area is 467 Å². The second-order valence-corrected chi connectivity index (χ2v) is 22.7. The van der Waals surface area contributed by atoms with Crippen LogP contribution in [-0.2, 0) is 32.7 Å². The van der Waals surface area contributed by atoms with Gasteiger partial charge in [0.05, 0.1) is 27.7 Å². The average Bonchev–Trinajstić information content (AvgIpc) is 3.38. The van der Waals surface area contributed by atoms with Gasteiger partial charge in [0.15, 0.2) is 6.10 Å². The number of hydrogen-bond acceptors (Lipinski definition) is 8. The van der Waals surface area contributed by atoms with E-state index in [0.717, 1.165) is 109 Å². The second kappa shape index (κ2) is 56.4. The van der Waals surface area contributed by atoms with Crippen molar-refractivity contribution in [2.24, 2.45) is 0 Å². The van der Waals surface area contributed by atoms with Crippen LogP contribution >= 0.6 is 7.82 Å². The maximum Gasteiger partial charge on any atom is 0.306 e. The molecule has 0 bridgehead atoms. The van der Waals surface area contributed by atoms with E-state index in [1.54, 1.807) is 0 Å². The van der Waals surface area contributed by atoms with E-state index in [1.165, 1.54) is 103 Å². The lowest BCUT2D eigenvalue weighted by Gasteiger charge is -2.28. The van der Waals surface area contributed by atoms with E-state index >= 15 is 0 Å². The summed E-state index contributed by atoms with van der Waals surface area (Å²) in [5, 5.41) is 0. The Bertz CT molecular complexity index is 1650. The molecule has 0 rings (SSSR count). The van der Waals surface area contributed by atoms with Crippen LogP contribution < -0.4 is 4.89 Å². The summed E-state index contributed by atoms with van der Waals surface area (Å²) in [4.78, 5) is 37.9. The van der Waals surface area contributed by atoms with Gasteiger partial charge in [0.1, 0.15) is 19.8 Å². The number of quaternary nitrogens is 1. The van der Waals surface area contributed by atoms with Gasteiger partial charge in [0.2, 0.25) is 0 Å². The van der Waals surface area contributed by atoms with Crippen LogP contribution in [0.15, 0.2) is 109 Å². The van der Waals surface area contributed by atoms with E-state index in [0.29, 0.717) is 17.4 Å². The van der Waals surface area contributed by atoms with E-state index in [2.05, 4.69) is 123 Å². The van der Waals surface area contributed by atoms with Crippen LogP contribution in [0.1, 0.15) is 245 Å². The minimum atomic E-state index is -4.65. The Morgan fingerprint density at radius 1 is 0.421 bits per heavy atom. The number of esters is 2. The number of rotatable bonds is 55. The molecule has 0 heterocycles. The predicted octanol–water partition coefficient (Wildman–Crippen LogP) is 18.7. The molecule has 0 spiro atoms. The molecule has 2 atom stereocenters. The van der Waals surface area contributed by atoms with Gasteiger partial charge >= 0.3 is 11.9 Å². The van der Waals surface area contributed by atoms with Crippen molar-refractivity contribution in [1.29, 1.82) is 0 Å². The largest absolute Gasteiger partial charge is 0.756 e. The Hall–Kier alpha value is -3.33. The fourth-order valence-corrected chi connectivity index (χ4v) is 8.81. The van der Waals surface area contributed by atoms with Gasteiger partial charge in [-0.1, -0.05) is 239 Å². The Balaban J connectivity index is 4.19. The van der Waals surface area contributed by atoms with Crippen LogP contribution in [0.3, 0.4) is 0 Å². The van der Waals surface area contributed by atoms with E-state index in [4.69, 9.17) is 18.5 Å². The normalized spacial score (nSPS) is 14.0. The Morgan fingerprint density at radius 2 is 0.750 bits per heavy atom. The fourth-order valence-electron chi connectivity index (χ4n) is 8.08. The zero-order valence-electron chi connectivity index (χ0n) is 49.4. The van der Waals surface area contributed by atoms with Crippen molar-refractivity contribution in [3.63, 3.8) is 0 Å². The highest BCUT2D eigenvalue weighted by Crippen LogP contribution is 2.38. The van der Waals surface area contributed by atoms with Crippen molar-refractivity contribution < 1.29 is 42.1 Å². The molecule has 9 nitrogen and oxygen atoms in total. The number of unbranched alkanes of at least 4 members (excludes halogenated alkanes) is 23. The predicted molar refractivity (Wildman–Crippen MR) is 323 cm³/mol. The Morgan fingerprint density at radius 3 is 1.12 bits per heavy atom. The Kier molecular flexibility index (Phi) is 53.9. The van der Waals surface area contributed by atoms with Crippen LogP contribution in [0.5, 0.6) is 0 Å². The highest BCUT2D eigenvalue weighted by Gasteiger charge is 2.22. The zero-order chi connectivity index (χ0) is 55.6. The lowest BCUT2D eigenvalue weighted by Crippen LogP contribution is -2.37. The fraction of sp³-hybridized carbons (Fsp3) is 0.697. The monoisotopic (exact) mass is 1080 g/mol. The third-order valence-corrected chi connectivity index (χ3v) is 13.7. The van der Waals surface area contributed by atoms with Gasteiger partial charge in [-0.05, 0) is 103 Å². The number of likely N-dealkylation sites (N-methyl/N-ethyl adjacent to an activating group) is 1. The molecule has 0 aliphatic heterocycles. The number of allylic oxidation sites excluding steroid dienone is 18. The average molecular weight is 1080 g/mol. The van der Waals surface area contributed by atoms with Crippen molar-refractivity contribution in [1.82, 2.24) is 0 Å². The standard InChI is InChI=1S/C66H114NO8P/c1-6-8-10-12-14-16-18-20-22-24-26-28-30-31-32-33-34-35-37-39-41-43-45-47-49-51-53-55-57-59-66(69)75-64(63-74-76(70,71)73-61-60-67(3,4)5)62-72-65(68)58-56-54-52-50-48-46-44-42-40-38-36-29-27-25-23-21-19-17-15-13-11-9-7-2/h8,10,14,16,19-22,25-28,31-32,34-36,38,64H,6-7,9,11-13,15,17-18,23-24,29-30,33,37,39-63H2,1-5H3/b10-8-,16-14-,21-19-,22-20-,27-25-,28-26-,32-31-,35-34-,38-36-. The molecule has 0 amide bonds. The molecule has 0 radical (unpaired) electrons. The highest BCUT2D eigenvalue weighted by molar-refractivity contribution is 7.45. The van der Waals surface area contributed by atoms with Gasteiger partial charge in [0.25, 0.3) is 7.82 Å². The molecule has 0 N–H and O–H groups in total. The van der Waals surface area contributed by atoms with E-state index < -0.39 is 32.5 Å². The zero-order valence-corrected chi connectivity index (χ0v) is 50.3. The summed E-state index contributed by atoms with van der Waals surface area (Å²) in [5.74, 6) is -0.850.